The molecule has 1 fully saturated rings. The van der Waals surface area contributed by atoms with Crippen molar-refractivity contribution in [3.8, 4) is 6.07 Å². The molecule has 4 nitrogen and oxygen atoms in total. The lowest BCUT2D eigenvalue weighted by atomic mass is 10.2. The topological polar surface area (TPSA) is 61.6 Å². The number of hydrogen-bond donors (Lipinski definition) is 1. The highest BCUT2D eigenvalue weighted by atomic mass is 32.2. The van der Waals surface area contributed by atoms with E-state index >= 15 is 0 Å². The van der Waals surface area contributed by atoms with Gasteiger partial charge in [-0.05, 0) is 32.1 Å². The summed E-state index contributed by atoms with van der Waals surface area (Å²) in [6.07, 6.45) is 5.79. The van der Waals surface area contributed by atoms with E-state index < -0.39 is 0 Å². The third-order valence-electron chi connectivity index (χ3n) is 3.04. The minimum absolute atomic E-state index is 0.429. The van der Waals surface area contributed by atoms with E-state index in [-0.39, 0.29) is 0 Å². The van der Waals surface area contributed by atoms with Crippen molar-refractivity contribution in [1.82, 2.24) is 9.97 Å². The van der Waals surface area contributed by atoms with Gasteiger partial charge in [-0.3, -0.25) is 0 Å². The maximum atomic E-state index is 8.87. The molecule has 90 valence electrons. The predicted molar refractivity (Wildman–Crippen MR) is 70.0 cm³/mol. The monoisotopic (exact) mass is 248 g/mol. The Morgan fingerprint density at radius 3 is 3.00 bits per heavy atom. The van der Waals surface area contributed by atoms with Crippen LogP contribution in [-0.2, 0) is 0 Å². The minimum atomic E-state index is 0.429. The first-order chi connectivity index (χ1) is 8.22. The van der Waals surface area contributed by atoms with Crippen molar-refractivity contribution in [3.05, 3.63) is 17.5 Å². The van der Waals surface area contributed by atoms with Gasteiger partial charge in [-0.2, -0.15) is 17.0 Å². The van der Waals surface area contributed by atoms with Crippen molar-refractivity contribution < 1.29 is 0 Å². The van der Waals surface area contributed by atoms with E-state index in [1.807, 2.05) is 18.7 Å². The molecular formula is C12H16N4S. The smallest absolute Gasteiger partial charge is 0.224 e. The van der Waals surface area contributed by atoms with E-state index in [1.54, 1.807) is 6.07 Å². The van der Waals surface area contributed by atoms with Gasteiger partial charge >= 0.3 is 0 Å². The summed E-state index contributed by atoms with van der Waals surface area (Å²) in [5, 5.41) is 12.9. The fourth-order valence-electron chi connectivity index (χ4n) is 2.23. The van der Waals surface area contributed by atoms with Gasteiger partial charge in [0.05, 0.1) is 0 Å². The predicted octanol–water partition coefficient (Wildman–Crippen LogP) is 2.35. The summed E-state index contributed by atoms with van der Waals surface area (Å²) in [6, 6.07) is 4.19. The van der Waals surface area contributed by atoms with E-state index in [0.717, 1.165) is 12.1 Å². The van der Waals surface area contributed by atoms with Gasteiger partial charge in [0.2, 0.25) is 5.95 Å². The second-order valence-electron chi connectivity index (χ2n) is 4.29. The number of thioether (sulfide) groups is 1. The lowest BCUT2D eigenvalue weighted by Crippen LogP contribution is -2.27. The van der Waals surface area contributed by atoms with Crippen LogP contribution in [-0.4, -0.2) is 27.5 Å². The summed E-state index contributed by atoms with van der Waals surface area (Å²) < 4.78 is 0. The zero-order chi connectivity index (χ0) is 12.3. The number of aromatic nitrogens is 2. The average Bonchev–Trinajstić information content (AvgIpc) is 2.75. The Labute approximate surface area is 106 Å². The Balaban J connectivity index is 2.13. The van der Waals surface area contributed by atoms with Crippen molar-refractivity contribution in [2.45, 2.75) is 37.5 Å². The summed E-state index contributed by atoms with van der Waals surface area (Å²) >= 11 is 1.89. The molecular weight excluding hydrogens is 232 g/mol. The van der Waals surface area contributed by atoms with Crippen molar-refractivity contribution >= 4 is 17.7 Å². The summed E-state index contributed by atoms with van der Waals surface area (Å²) in [4.78, 5) is 8.52. The normalized spacial score (nSPS) is 23.4. The number of nitrogens with zero attached hydrogens (tertiary/aromatic N) is 3. The first-order valence-corrected chi connectivity index (χ1v) is 7.07. The molecule has 1 aromatic heterocycles. The Morgan fingerprint density at radius 1 is 1.47 bits per heavy atom. The fraction of sp³-hybridized carbons (Fsp3) is 0.583. The zero-order valence-electron chi connectivity index (χ0n) is 10.1. The van der Waals surface area contributed by atoms with Crippen molar-refractivity contribution in [3.63, 3.8) is 0 Å². The molecule has 1 saturated carbocycles. The van der Waals surface area contributed by atoms with Gasteiger partial charge in [-0.25, -0.2) is 9.97 Å². The Morgan fingerprint density at radius 2 is 2.29 bits per heavy atom. The van der Waals surface area contributed by atoms with Gasteiger partial charge in [0.1, 0.15) is 11.8 Å². The van der Waals surface area contributed by atoms with Crippen LogP contribution in [0.1, 0.15) is 30.7 Å². The Bertz CT molecular complexity index is 441. The number of hydrogen-bond acceptors (Lipinski definition) is 5. The quantitative estimate of drug-likeness (QED) is 0.889. The van der Waals surface area contributed by atoms with Crippen LogP contribution in [0.5, 0.6) is 0 Å². The summed E-state index contributed by atoms with van der Waals surface area (Å²) in [5.74, 6) is 0.590. The molecule has 17 heavy (non-hydrogen) atoms. The molecule has 1 aliphatic carbocycles. The maximum Gasteiger partial charge on any atom is 0.224 e. The van der Waals surface area contributed by atoms with Crippen LogP contribution in [0.4, 0.5) is 5.95 Å². The largest absolute Gasteiger partial charge is 0.350 e. The van der Waals surface area contributed by atoms with Gasteiger partial charge < -0.3 is 5.32 Å². The van der Waals surface area contributed by atoms with Crippen LogP contribution >= 0.6 is 11.8 Å². The SMILES string of the molecule is CSC1CCCC1Nc1nc(C)cc(C#N)n1. The first-order valence-electron chi connectivity index (χ1n) is 5.78. The van der Waals surface area contributed by atoms with Gasteiger partial charge in [-0.1, -0.05) is 6.42 Å². The molecule has 0 saturated heterocycles. The molecule has 0 amide bonds. The zero-order valence-corrected chi connectivity index (χ0v) is 10.9. The molecule has 0 aliphatic heterocycles. The minimum Gasteiger partial charge on any atom is -0.350 e. The second-order valence-corrected chi connectivity index (χ2v) is 5.36. The second kappa shape index (κ2) is 5.37. The molecule has 2 rings (SSSR count). The molecule has 0 bridgehead atoms. The molecule has 1 aliphatic rings. The number of nitrogens with one attached hydrogen (secondary N) is 1. The van der Waals surface area contributed by atoms with Crippen LogP contribution in [0.15, 0.2) is 6.07 Å². The lowest BCUT2D eigenvalue weighted by molar-refractivity contribution is 0.755. The van der Waals surface area contributed by atoms with Crippen molar-refractivity contribution in [2.24, 2.45) is 0 Å². The number of nitriles is 1. The van der Waals surface area contributed by atoms with E-state index in [0.29, 0.717) is 22.9 Å². The molecule has 0 spiro atoms. The van der Waals surface area contributed by atoms with Crippen LogP contribution in [0.3, 0.4) is 0 Å². The van der Waals surface area contributed by atoms with Crippen LogP contribution in [0, 0.1) is 18.3 Å². The molecule has 1 heterocycles. The molecule has 0 radical (unpaired) electrons. The fourth-order valence-corrected chi connectivity index (χ4v) is 3.16. The van der Waals surface area contributed by atoms with E-state index in [2.05, 4.69) is 27.6 Å². The number of aryl methyl sites for hydroxylation is 1. The van der Waals surface area contributed by atoms with Crippen molar-refractivity contribution in [1.29, 1.82) is 5.26 Å². The van der Waals surface area contributed by atoms with Crippen LogP contribution < -0.4 is 5.32 Å². The first kappa shape index (κ1) is 12.2. The molecule has 2 unspecified atom stereocenters. The molecule has 1 aromatic rings. The lowest BCUT2D eigenvalue weighted by Gasteiger charge is -2.19. The third kappa shape index (κ3) is 2.89. The van der Waals surface area contributed by atoms with Crippen LogP contribution in [0.2, 0.25) is 0 Å². The Kier molecular flexibility index (Phi) is 3.85. The average molecular weight is 248 g/mol. The maximum absolute atomic E-state index is 8.87. The third-order valence-corrected chi connectivity index (χ3v) is 4.21. The van der Waals surface area contributed by atoms with E-state index in [4.69, 9.17) is 5.26 Å². The number of anilines is 1. The summed E-state index contributed by atoms with van der Waals surface area (Å²) in [5.41, 5.74) is 1.26. The standard InChI is InChI=1S/C12H16N4S/c1-8-6-9(7-13)15-12(14-8)16-10-4-3-5-11(10)17-2/h6,10-11H,3-5H2,1-2H3,(H,14,15,16). The molecule has 5 heteroatoms. The number of rotatable bonds is 3. The van der Waals surface area contributed by atoms with Gasteiger partial charge in [-0.15, -0.1) is 0 Å². The van der Waals surface area contributed by atoms with E-state index in [9.17, 15) is 0 Å². The van der Waals surface area contributed by atoms with E-state index in [1.165, 1.54) is 12.8 Å². The molecule has 0 aromatic carbocycles. The van der Waals surface area contributed by atoms with Gasteiger partial charge in [0, 0.05) is 17.0 Å². The highest BCUT2D eigenvalue weighted by Crippen LogP contribution is 2.30. The van der Waals surface area contributed by atoms with Crippen molar-refractivity contribution in [2.75, 3.05) is 11.6 Å². The van der Waals surface area contributed by atoms with Crippen LogP contribution in [0.25, 0.3) is 0 Å². The van der Waals surface area contributed by atoms with Gasteiger partial charge in [0.25, 0.3) is 0 Å². The highest BCUT2D eigenvalue weighted by Gasteiger charge is 2.26. The van der Waals surface area contributed by atoms with Gasteiger partial charge in [0.15, 0.2) is 0 Å². The summed E-state index contributed by atoms with van der Waals surface area (Å²) in [6.45, 7) is 1.88. The molecule has 2 atom stereocenters. The highest BCUT2D eigenvalue weighted by molar-refractivity contribution is 7.99. The molecule has 1 N–H and O–H groups in total. The summed E-state index contributed by atoms with van der Waals surface area (Å²) in [7, 11) is 0. The Hall–Kier alpha value is -1.28.